The molecule has 5 fully saturated rings. The van der Waals surface area contributed by atoms with E-state index in [0.29, 0.717) is 11.5 Å². The third-order valence-corrected chi connectivity index (χ3v) is 13.0. The molecule has 0 amide bonds. The third kappa shape index (κ3) is 4.47. The SMILES string of the molecule is CC1C=C(C=O)C=CC1C12CC3(C4=CCC(C)(C=O)C=C4)CC(c4ccc(C=O)cc4)(CC(c4ccc(C5CCO5)cc4)(C3)C1)C2. The minimum absolute atomic E-state index is 0.00869. The minimum atomic E-state index is -0.459. The van der Waals surface area contributed by atoms with Crippen molar-refractivity contribution in [2.24, 2.45) is 28.1 Å². The van der Waals surface area contributed by atoms with E-state index in [-0.39, 0.29) is 33.7 Å². The molecule has 4 saturated carbocycles. The first-order valence-electron chi connectivity index (χ1n) is 17.2. The van der Waals surface area contributed by atoms with Gasteiger partial charge in [0.2, 0.25) is 0 Å². The van der Waals surface area contributed by atoms with Gasteiger partial charge in [-0.15, -0.1) is 0 Å². The Hall–Kier alpha value is -3.63. The monoisotopic (exact) mass is 612 g/mol. The summed E-state index contributed by atoms with van der Waals surface area (Å²) in [5.74, 6) is 0.554. The Morgan fingerprint density at radius 1 is 0.783 bits per heavy atom. The van der Waals surface area contributed by atoms with E-state index >= 15 is 0 Å². The van der Waals surface area contributed by atoms with E-state index < -0.39 is 5.41 Å². The second-order valence-corrected chi connectivity index (χ2v) is 16.1. The van der Waals surface area contributed by atoms with Crippen molar-refractivity contribution >= 4 is 18.9 Å². The molecule has 46 heavy (non-hydrogen) atoms. The smallest absolute Gasteiger partial charge is 0.150 e. The highest BCUT2D eigenvalue weighted by atomic mass is 16.5. The Kier molecular flexibility index (Phi) is 6.75. The molecule has 0 spiro atoms. The molecule has 8 unspecified atom stereocenters. The normalized spacial score (nSPS) is 40.5. The van der Waals surface area contributed by atoms with Crippen LogP contribution >= 0.6 is 0 Å². The molecule has 2 aromatic rings. The Labute approximate surface area is 272 Å². The van der Waals surface area contributed by atoms with E-state index in [0.717, 1.165) is 82.4 Å². The van der Waals surface area contributed by atoms with E-state index in [9.17, 15) is 14.4 Å². The van der Waals surface area contributed by atoms with Crippen LogP contribution in [0.4, 0.5) is 0 Å². The van der Waals surface area contributed by atoms with E-state index in [2.05, 4.69) is 79.8 Å². The highest BCUT2D eigenvalue weighted by Gasteiger charge is 2.70. The second kappa shape index (κ2) is 10.4. The fraction of sp³-hybridized carbons (Fsp3) is 0.452. The second-order valence-electron chi connectivity index (χ2n) is 16.1. The maximum atomic E-state index is 12.1. The van der Waals surface area contributed by atoms with Crippen molar-refractivity contribution in [3.63, 3.8) is 0 Å². The number of hydrogen-bond acceptors (Lipinski definition) is 4. The molecule has 0 N–H and O–H groups in total. The van der Waals surface area contributed by atoms with E-state index in [1.807, 2.05) is 19.1 Å². The minimum Gasteiger partial charge on any atom is -0.373 e. The number of ether oxygens (including phenoxy) is 1. The summed E-state index contributed by atoms with van der Waals surface area (Å²) >= 11 is 0. The van der Waals surface area contributed by atoms with Gasteiger partial charge < -0.3 is 9.53 Å². The van der Waals surface area contributed by atoms with E-state index in [4.69, 9.17) is 4.74 Å². The van der Waals surface area contributed by atoms with Gasteiger partial charge in [0.15, 0.2) is 0 Å². The van der Waals surface area contributed by atoms with Crippen LogP contribution in [-0.2, 0) is 25.2 Å². The van der Waals surface area contributed by atoms with Crippen molar-refractivity contribution in [2.45, 2.75) is 82.1 Å². The molecule has 7 aliphatic rings. The van der Waals surface area contributed by atoms with Gasteiger partial charge >= 0.3 is 0 Å². The lowest BCUT2D eigenvalue weighted by Crippen LogP contribution is -2.66. The van der Waals surface area contributed by atoms with Gasteiger partial charge in [0.25, 0.3) is 0 Å². The van der Waals surface area contributed by atoms with Gasteiger partial charge in [0.05, 0.1) is 12.7 Å². The summed E-state index contributed by atoms with van der Waals surface area (Å²) in [6.45, 7) is 5.16. The number of allylic oxidation sites excluding steroid dienone is 8. The predicted octanol–water partition coefficient (Wildman–Crippen LogP) is 8.53. The molecule has 4 nitrogen and oxygen atoms in total. The van der Waals surface area contributed by atoms with Crippen molar-refractivity contribution in [3.05, 3.63) is 118 Å². The van der Waals surface area contributed by atoms with Crippen LogP contribution < -0.4 is 0 Å². The van der Waals surface area contributed by atoms with Gasteiger partial charge in [-0.1, -0.05) is 91.9 Å². The summed E-state index contributed by atoms with van der Waals surface area (Å²) in [4.78, 5) is 35.6. The summed E-state index contributed by atoms with van der Waals surface area (Å²) in [5.41, 5.74) is 6.28. The van der Waals surface area contributed by atoms with Gasteiger partial charge in [-0.3, -0.25) is 9.59 Å². The zero-order valence-corrected chi connectivity index (χ0v) is 27.0. The summed E-state index contributed by atoms with van der Waals surface area (Å²) < 4.78 is 5.84. The van der Waals surface area contributed by atoms with Crippen LogP contribution in [0.5, 0.6) is 0 Å². The lowest BCUT2D eigenvalue weighted by atomic mass is 9.30. The maximum Gasteiger partial charge on any atom is 0.150 e. The number of rotatable bonds is 8. The first kappa shape index (κ1) is 29.8. The third-order valence-electron chi connectivity index (χ3n) is 13.0. The standard InChI is InChI=1S/C42H44O4/c1-29-19-31(21-44)5-12-36(29)42-25-39(33-8-3-30(20-43)4-9-33)22-40(26-42,34-10-6-32(7-11-34)37-15-18-46-37)24-41(23-39,27-42)35-13-16-38(2,28-45)17-14-35/h3-14,16,19-21,28-29,36-37H,15,17-18,22-27H2,1-2H3. The van der Waals surface area contributed by atoms with Crippen molar-refractivity contribution in [1.29, 1.82) is 0 Å². The number of carbonyl (C=O) groups is 3. The van der Waals surface area contributed by atoms with Gasteiger partial charge in [-0.2, -0.15) is 0 Å². The van der Waals surface area contributed by atoms with Gasteiger partial charge in [-0.05, 0) is 108 Å². The Morgan fingerprint density at radius 3 is 1.93 bits per heavy atom. The largest absolute Gasteiger partial charge is 0.373 e. The Bertz CT molecular complexity index is 1710. The fourth-order valence-corrected chi connectivity index (χ4v) is 11.4. The van der Waals surface area contributed by atoms with Crippen LogP contribution in [0.1, 0.15) is 98.4 Å². The zero-order valence-electron chi connectivity index (χ0n) is 27.0. The van der Waals surface area contributed by atoms with Crippen LogP contribution in [0.25, 0.3) is 0 Å². The number of carbonyl (C=O) groups excluding carboxylic acids is 3. The van der Waals surface area contributed by atoms with E-state index in [1.54, 1.807) is 0 Å². The van der Waals surface area contributed by atoms with Crippen LogP contribution in [0, 0.1) is 28.1 Å². The Morgan fingerprint density at radius 2 is 1.41 bits per heavy atom. The van der Waals surface area contributed by atoms with Gasteiger partial charge in [0, 0.05) is 23.0 Å². The van der Waals surface area contributed by atoms with E-state index in [1.165, 1.54) is 22.3 Å². The molecule has 0 radical (unpaired) electrons. The molecular formula is C42H44O4. The van der Waals surface area contributed by atoms with Crippen molar-refractivity contribution in [2.75, 3.05) is 6.61 Å². The van der Waals surface area contributed by atoms with Gasteiger partial charge in [0.1, 0.15) is 18.9 Å². The Balaban J connectivity index is 1.32. The summed E-state index contributed by atoms with van der Waals surface area (Å²) in [7, 11) is 0. The highest BCUT2D eigenvalue weighted by Crippen LogP contribution is 2.78. The first-order valence-corrected chi connectivity index (χ1v) is 17.2. The number of hydrogen-bond donors (Lipinski definition) is 0. The summed E-state index contributed by atoms with van der Waals surface area (Å²) in [5, 5.41) is 0. The van der Waals surface area contributed by atoms with Crippen molar-refractivity contribution < 1.29 is 19.1 Å². The number of benzene rings is 2. The maximum absolute atomic E-state index is 12.1. The average molecular weight is 613 g/mol. The predicted molar refractivity (Wildman–Crippen MR) is 179 cm³/mol. The molecular weight excluding hydrogens is 568 g/mol. The molecule has 1 saturated heterocycles. The molecule has 236 valence electrons. The number of aldehydes is 3. The molecule has 6 aliphatic carbocycles. The van der Waals surface area contributed by atoms with Crippen LogP contribution in [-0.4, -0.2) is 25.5 Å². The molecule has 0 aromatic heterocycles. The molecule has 4 heteroatoms. The highest BCUT2D eigenvalue weighted by molar-refractivity contribution is 5.78. The van der Waals surface area contributed by atoms with Crippen LogP contribution in [0.15, 0.2) is 96.1 Å². The van der Waals surface area contributed by atoms with Crippen molar-refractivity contribution in [1.82, 2.24) is 0 Å². The quantitative estimate of drug-likeness (QED) is 0.280. The average Bonchev–Trinajstić information content (AvgIpc) is 3.04. The summed E-state index contributed by atoms with van der Waals surface area (Å²) in [6.07, 6.45) is 25.0. The zero-order chi connectivity index (χ0) is 31.8. The molecule has 8 atom stereocenters. The fourth-order valence-electron chi connectivity index (χ4n) is 11.4. The molecule has 2 aromatic carbocycles. The van der Waals surface area contributed by atoms with Crippen molar-refractivity contribution in [3.8, 4) is 0 Å². The first-order chi connectivity index (χ1) is 22.2. The molecule has 1 aliphatic heterocycles. The lowest BCUT2D eigenvalue weighted by molar-refractivity contribution is -0.148. The molecule has 9 rings (SSSR count). The van der Waals surface area contributed by atoms with Crippen LogP contribution in [0.3, 0.4) is 0 Å². The van der Waals surface area contributed by atoms with Crippen LogP contribution in [0.2, 0.25) is 0 Å². The topological polar surface area (TPSA) is 60.4 Å². The molecule has 4 bridgehead atoms. The summed E-state index contributed by atoms with van der Waals surface area (Å²) in [6, 6.07) is 17.8. The van der Waals surface area contributed by atoms with Gasteiger partial charge in [-0.25, -0.2) is 0 Å². The lowest BCUT2D eigenvalue weighted by Gasteiger charge is -2.73. The molecule has 1 heterocycles.